The summed E-state index contributed by atoms with van der Waals surface area (Å²) in [5.41, 5.74) is 0.666. The van der Waals surface area contributed by atoms with Crippen molar-refractivity contribution >= 4 is 13.0 Å². The smallest absolute Gasteiger partial charge is 0.534 e. The molecular formula is C18H19BF3NO8. The lowest BCUT2D eigenvalue weighted by Gasteiger charge is -2.30. The van der Waals surface area contributed by atoms with Crippen LogP contribution >= 0.6 is 0 Å². The van der Waals surface area contributed by atoms with E-state index in [1.165, 1.54) is 13.0 Å². The van der Waals surface area contributed by atoms with Gasteiger partial charge in [-0.1, -0.05) is 18.2 Å². The third kappa shape index (κ3) is 5.90. The fourth-order valence-electron chi connectivity index (χ4n) is 3.05. The molecule has 31 heavy (non-hydrogen) atoms. The number of carbonyl (C=O) groups is 1. The van der Waals surface area contributed by atoms with Gasteiger partial charge in [0.25, 0.3) is 0 Å². The Kier molecular flexibility index (Phi) is 6.77. The molecule has 1 aromatic carbocycles. The van der Waals surface area contributed by atoms with E-state index < -0.39 is 50.1 Å². The maximum atomic E-state index is 12.3. The van der Waals surface area contributed by atoms with Gasteiger partial charge in [-0.05, 0) is 18.9 Å². The van der Waals surface area contributed by atoms with Gasteiger partial charge in [0.2, 0.25) is 5.91 Å². The van der Waals surface area contributed by atoms with Crippen LogP contribution in [0.25, 0.3) is 0 Å². The Morgan fingerprint density at radius 3 is 2.77 bits per heavy atom. The number of aliphatic hydroxyl groups is 1. The zero-order valence-electron chi connectivity index (χ0n) is 16.3. The highest BCUT2D eigenvalue weighted by Crippen LogP contribution is 2.34. The van der Waals surface area contributed by atoms with Gasteiger partial charge in [-0.15, -0.1) is 0 Å². The van der Waals surface area contributed by atoms with Crippen LogP contribution in [0.1, 0.15) is 41.8 Å². The number of aryl methyl sites for hydroxylation is 1. The Labute approximate surface area is 173 Å². The summed E-state index contributed by atoms with van der Waals surface area (Å²) >= 11 is 0. The Bertz CT molecular complexity index is 989. The molecule has 1 amide bonds. The maximum absolute atomic E-state index is 12.3. The maximum Gasteiger partial charge on any atom is 0.547 e. The molecular weight excluding hydrogens is 426 g/mol. The van der Waals surface area contributed by atoms with Crippen LogP contribution in [0.4, 0.5) is 13.2 Å². The Balaban J connectivity index is 1.66. The van der Waals surface area contributed by atoms with Gasteiger partial charge in [0.15, 0.2) is 12.1 Å². The second-order valence-electron chi connectivity index (χ2n) is 6.93. The normalized spacial score (nSPS) is 17.1. The van der Waals surface area contributed by atoms with E-state index in [4.69, 9.17) is 18.2 Å². The molecule has 0 fully saturated rings. The minimum Gasteiger partial charge on any atom is -0.534 e. The summed E-state index contributed by atoms with van der Waals surface area (Å²) in [5, 5.41) is 22.9. The van der Waals surface area contributed by atoms with Crippen molar-refractivity contribution < 1.29 is 46.3 Å². The zero-order valence-corrected chi connectivity index (χ0v) is 16.3. The quantitative estimate of drug-likeness (QED) is 0.432. The highest BCUT2D eigenvalue weighted by molar-refractivity contribution is 6.46. The van der Waals surface area contributed by atoms with E-state index in [0.29, 0.717) is 5.56 Å². The van der Waals surface area contributed by atoms with Crippen LogP contribution in [0.15, 0.2) is 31.8 Å². The number of hydrogen-bond acceptors (Lipinski definition) is 8. The molecule has 168 valence electrons. The van der Waals surface area contributed by atoms with Crippen LogP contribution in [-0.2, 0) is 22.6 Å². The molecule has 13 heteroatoms. The second kappa shape index (κ2) is 9.16. The van der Waals surface area contributed by atoms with Gasteiger partial charge in [-0.25, -0.2) is 4.79 Å². The number of ether oxygens (including phenoxy) is 1. The van der Waals surface area contributed by atoms with Gasteiger partial charge >= 0.3 is 19.1 Å². The molecule has 3 N–H and O–H groups in total. The molecule has 2 aromatic rings. The molecule has 9 nitrogen and oxygen atoms in total. The van der Waals surface area contributed by atoms with Crippen LogP contribution in [-0.4, -0.2) is 35.3 Å². The highest BCUT2D eigenvalue weighted by atomic mass is 19.4. The van der Waals surface area contributed by atoms with E-state index in [1.54, 1.807) is 12.1 Å². The summed E-state index contributed by atoms with van der Waals surface area (Å²) in [7, 11) is -1.55. The Morgan fingerprint density at radius 2 is 2.13 bits per heavy atom. The van der Waals surface area contributed by atoms with Crippen LogP contribution in [0.2, 0.25) is 0 Å². The third-order valence-corrected chi connectivity index (χ3v) is 4.61. The second-order valence-corrected chi connectivity index (χ2v) is 6.93. The summed E-state index contributed by atoms with van der Waals surface area (Å²) in [6, 6.07) is 4.68. The molecule has 3 rings (SSSR count). The molecule has 1 aliphatic heterocycles. The summed E-state index contributed by atoms with van der Waals surface area (Å²) in [4.78, 5) is 22.8. The Morgan fingerprint density at radius 1 is 1.39 bits per heavy atom. The third-order valence-electron chi connectivity index (χ3n) is 4.61. The van der Waals surface area contributed by atoms with Crippen molar-refractivity contribution in [1.29, 1.82) is 0 Å². The van der Waals surface area contributed by atoms with Crippen molar-refractivity contribution in [2.75, 3.05) is 0 Å². The molecule has 0 saturated carbocycles. The fraction of sp³-hybridized carbons (Fsp3) is 0.444. The number of carbonyl (C=O) groups excluding carboxylic acids is 1. The standard InChI is InChI=1S/C18H19BF3NO8/c1-9-12(30-17(26)29-9)8-28-16(25)11-4-2-3-10-7-13(19(27)31-15(10)11)23-14(24)5-6-18(20,21)22/h2-4,13,16,25,27H,5-8H2,1H3,(H,23,24)/t13-,16?/m0/s1. The van der Waals surface area contributed by atoms with E-state index in [2.05, 4.69) is 5.32 Å². The number of alkyl halides is 3. The van der Waals surface area contributed by atoms with Gasteiger partial charge in [-0.3, -0.25) is 4.79 Å². The van der Waals surface area contributed by atoms with Crippen molar-refractivity contribution in [3.8, 4) is 5.75 Å². The average Bonchev–Trinajstić information content (AvgIpc) is 3.01. The number of halogens is 3. The fourth-order valence-corrected chi connectivity index (χ4v) is 3.05. The molecule has 0 bridgehead atoms. The van der Waals surface area contributed by atoms with Crippen LogP contribution in [0.5, 0.6) is 5.75 Å². The minimum atomic E-state index is -4.46. The average molecular weight is 445 g/mol. The van der Waals surface area contributed by atoms with E-state index in [-0.39, 0.29) is 35.9 Å². The Hall–Kier alpha value is -2.77. The van der Waals surface area contributed by atoms with E-state index in [1.807, 2.05) is 0 Å². The lowest BCUT2D eigenvalue weighted by molar-refractivity contribution is -0.144. The zero-order chi connectivity index (χ0) is 22.8. The molecule has 0 saturated heterocycles. The summed E-state index contributed by atoms with van der Waals surface area (Å²) in [6.07, 6.45) is -7.96. The molecule has 1 aliphatic rings. The van der Waals surface area contributed by atoms with Gasteiger partial charge in [0.05, 0.1) is 12.4 Å². The van der Waals surface area contributed by atoms with Gasteiger partial charge in [0.1, 0.15) is 18.1 Å². The number of benzene rings is 1. The predicted molar refractivity (Wildman–Crippen MR) is 97.7 cm³/mol. The molecule has 0 aliphatic carbocycles. The van der Waals surface area contributed by atoms with Crippen molar-refractivity contribution in [3.63, 3.8) is 0 Å². The summed E-state index contributed by atoms with van der Waals surface area (Å²) in [5.74, 6) is -2.33. The lowest BCUT2D eigenvalue weighted by Crippen LogP contribution is -2.53. The minimum absolute atomic E-state index is 0.0601. The first kappa shape index (κ1) is 22.9. The van der Waals surface area contributed by atoms with E-state index in [0.717, 1.165) is 0 Å². The number of para-hydroxylation sites is 1. The molecule has 2 heterocycles. The van der Waals surface area contributed by atoms with Gasteiger partial charge in [0, 0.05) is 12.0 Å². The van der Waals surface area contributed by atoms with Crippen LogP contribution in [0, 0.1) is 6.92 Å². The number of amides is 1. The van der Waals surface area contributed by atoms with Gasteiger partial charge in [-0.2, -0.15) is 13.2 Å². The van der Waals surface area contributed by atoms with E-state index >= 15 is 0 Å². The topological polar surface area (TPSA) is 131 Å². The predicted octanol–water partition coefficient (Wildman–Crippen LogP) is 1.53. The number of fused-ring (bicyclic) bond motifs is 1. The van der Waals surface area contributed by atoms with Crippen molar-refractivity contribution in [2.45, 2.75) is 51.2 Å². The van der Waals surface area contributed by atoms with E-state index in [9.17, 15) is 32.9 Å². The summed E-state index contributed by atoms with van der Waals surface area (Å²) < 4.78 is 57.0. The van der Waals surface area contributed by atoms with Gasteiger partial charge < -0.3 is 33.7 Å². The van der Waals surface area contributed by atoms with Crippen molar-refractivity contribution in [3.05, 3.63) is 51.5 Å². The number of rotatable bonds is 7. The SMILES string of the molecule is Cc1oc(=O)oc1COC(O)c1cccc2c1OB(O)[C@@H](NC(=O)CCC(F)(F)F)C2. The number of aliphatic hydroxyl groups excluding tert-OH is 1. The van der Waals surface area contributed by atoms with Crippen molar-refractivity contribution in [2.24, 2.45) is 0 Å². The lowest BCUT2D eigenvalue weighted by atomic mass is 9.72. The molecule has 1 unspecified atom stereocenters. The molecule has 1 aromatic heterocycles. The summed E-state index contributed by atoms with van der Waals surface area (Å²) in [6.45, 7) is 1.21. The molecule has 0 spiro atoms. The molecule has 0 radical (unpaired) electrons. The molecule has 2 atom stereocenters. The first-order valence-electron chi connectivity index (χ1n) is 9.25. The number of nitrogens with one attached hydrogen (secondary N) is 1. The first-order valence-corrected chi connectivity index (χ1v) is 9.25. The number of hydrogen-bond donors (Lipinski definition) is 3. The largest absolute Gasteiger partial charge is 0.547 e. The van der Waals surface area contributed by atoms with Crippen LogP contribution < -0.4 is 15.8 Å². The van der Waals surface area contributed by atoms with Crippen molar-refractivity contribution in [1.82, 2.24) is 5.32 Å². The first-order chi connectivity index (χ1) is 14.5. The monoisotopic (exact) mass is 445 g/mol. The van der Waals surface area contributed by atoms with Crippen LogP contribution in [0.3, 0.4) is 0 Å². The highest BCUT2D eigenvalue weighted by Gasteiger charge is 2.38.